The van der Waals surface area contributed by atoms with Gasteiger partial charge in [0.15, 0.2) is 0 Å². The van der Waals surface area contributed by atoms with Gasteiger partial charge < -0.3 is 14.9 Å². The van der Waals surface area contributed by atoms with Gasteiger partial charge in [-0.25, -0.2) is 9.97 Å². The molecule has 1 fully saturated rings. The molecule has 1 aliphatic rings. The Balaban J connectivity index is 2.18. The van der Waals surface area contributed by atoms with E-state index in [1.165, 1.54) is 0 Å². The summed E-state index contributed by atoms with van der Waals surface area (Å²) in [7, 11) is 4.16. The van der Waals surface area contributed by atoms with Gasteiger partial charge in [-0.15, -0.1) is 0 Å². The molecular formula is C17H28N4O2. The zero-order valence-corrected chi connectivity index (χ0v) is 14.6. The Morgan fingerprint density at radius 2 is 2.22 bits per heavy atom. The standard InChI is InChI=1S/C17H28N4O2/c1-12(2)14-9-18-11-19-17(14)21-8-7-15(20(3)4)13(10-21)5-6-16(22)23/h9,11-13,15H,5-8,10H2,1-4H3,(H,22,23)/t13-,15+/m0/s1. The van der Waals surface area contributed by atoms with Crippen molar-refractivity contribution < 1.29 is 9.90 Å². The number of carboxylic acid groups (broad SMARTS) is 1. The molecule has 0 amide bonds. The molecule has 6 heteroatoms. The molecule has 128 valence electrons. The van der Waals surface area contributed by atoms with Crippen LogP contribution in [0.5, 0.6) is 0 Å². The van der Waals surface area contributed by atoms with Gasteiger partial charge in [0.1, 0.15) is 12.1 Å². The fourth-order valence-corrected chi connectivity index (χ4v) is 3.49. The number of rotatable bonds is 6. The number of aliphatic carboxylic acids is 1. The number of piperidine rings is 1. The lowest BCUT2D eigenvalue weighted by Gasteiger charge is -2.42. The lowest BCUT2D eigenvalue weighted by Crippen LogP contribution is -2.49. The number of anilines is 1. The predicted octanol–water partition coefficient (Wildman–Crippen LogP) is 2.22. The molecule has 2 atom stereocenters. The minimum atomic E-state index is -0.718. The van der Waals surface area contributed by atoms with Crippen LogP contribution >= 0.6 is 0 Å². The lowest BCUT2D eigenvalue weighted by molar-refractivity contribution is -0.137. The molecule has 1 N–H and O–H groups in total. The van der Waals surface area contributed by atoms with Crippen LogP contribution < -0.4 is 4.90 Å². The summed E-state index contributed by atoms with van der Waals surface area (Å²) in [5, 5.41) is 9.02. The zero-order chi connectivity index (χ0) is 17.0. The predicted molar refractivity (Wildman–Crippen MR) is 90.8 cm³/mol. The lowest BCUT2D eigenvalue weighted by atomic mass is 9.87. The molecule has 1 saturated heterocycles. The Kier molecular flexibility index (Phi) is 5.93. The third-order valence-electron chi connectivity index (χ3n) is 4.73. The molecule has 1 aliphatic heterocycles. The van der Waals surface area contributed by atoms with Gasteiger partial charge in [0.05, 0.1) is 0 Å². The van der Waals surface area contributed by atoms with E-state index in [-0.39, 0.29) is 6.42 Å². The van der Waals surface area contributed by atoms with Gasteiger partial charge in [-0.1, -0.05) is 13.8 Å². The summed E-state index contributed by atoms with van der Waals surface area (Å²) in [5.74, 6) is 0.997. The van der Waals surface area contributed by atoms with E-state index in [9.17, 15) is 4.79 Å². The first-order valence-corrected chi connectivity index (χ1v) is 8.33. The van der Waals surface area contributed by atoms with Crippen LogP contribution in [0.1, 0.15) is 44.6 Å². The van der Waals surface area contributed by atoms with Crippen LogP contribution in [0.15, 0.2) is 12.5 Å². The highest BCUT2D eigenvalue weighted by Gasteiger charge is 2.32. The second kappa shape index (κ2) is 7.73. The van der Waals surface area contributed by atoms with Crippen molar-refractivity contribution in [2.75, 3.05) is 32.1 Å². The Morgan fingerprint density at radius 1 is 1.48 bits per heavy atom. The maximum atomic E-state index is 11.0. The molecule has 2 heterocycles. The smallest absolute Gasteiger partial charge is 0.303 e. The van der Waals surface area contributed by atoms with Crippen LogP contribution in [0.25, 0.3) is 0 Å². The van der Waals surface area contributed by atoms with E-state index >= 15 is 0 Å². The SMILES string of the molecule is CC(C)c1cncnc1N1CC[C@@H](N(C)C)[C@@H](CCC(=O)O)C1. The van der Waals surface area contributed by atoms with Gasteiger partial charge in [0, 0.05) is 37.3 Å². The van der Waals surface area contributed by atoms with Gasteiger partial charge in [-0.2, -0.15) is 0 Å². The molecule has 0 spiro atoms. The van der Waals surface area contributed by atoms with E-state index in [1.54, 1.807) is 6.33 Å². The number of hydrogen-bond donors (Lipinski definition) is 1. The van der Waals surface area contributed by atoms with Gasteiger partial charge in [-0.05, 0) is 38.8 Å². The molecule has 0 aliphatic carbocycles. The molecular weight excluding hydrogens is 292 g/mol. The average Bonchev–Trinajstić information content (AvgIpc) is 2.52. The molecule has 0 saturated carbocycles. The Bertz CT molecular complexity index is 533. The van der Waals surface area contributed by atoms with Crippen LogP contribution in [0.3, 0.4) is 0 Å². The topological polar surface area (TPSA) is 69.6 Å². The number of hydrogen-bond acceptors (Lipinski definition) is 5. The van der Waals surface area contributed by atoms with E-state index in [0.717, 1.165) is 30.9 Å². The fraction of sp³-hybridized carbons (Fsp3) is 0.706. The highest BCUT2D eigenvalue weighted by molar-refractivity contribution is 5.66. The summed E-state index contributed by atoms with van der Waals surface area (Å²) in [5.41, 5.74) is 1.16. The summed E-state index contributed by atoms with van der Waals surface area (Å²) >= 11 is 0. The van der Waals surface area contributed by atoms with Crippen molar-refractivity contribution in [2.24, 2.45) is 5.92 Å². The van der Waals surface area contributed by atoms with Crippen LogP contribution in [-0.4, -0.2) is 59.2 Å². The van der Waals surface area contributed by atoms with E-state index in [0.29, 0.717) is 24.3 Å². The van der Waals surface area contributed by atoms with E-state index in [4.69, 9.17) is 5.11 Å². The number of nitrogens with zero attached hydrogens (tertiary/aromatic N) is 4. The van der Waals surface area contributed by atoms with E-state index < -0.39 is 5.97 Å². The second-order valence-corrected chi connectivity index (χ2v) is 6.91. The van der Waals surface area contributed by atoms with Crippen molar-refractivity contribution in [1.82, 2.24) is 14.9 Å². The van der Waals surface area contributed by atoms with Crippen LogP contribution in [0.4, 0.5) is 5.82 Å². The van der Waals surface area contributed by atoms with Crippen LogP contribution in [0.2, 0.25) is 0 Å². The first-order chi connectivity index (χ1) is 10.9. The van der Waals surface area contributed by atoms with Crippen molar-refractivity contribution >= 4 is 11.8 Å². The highest BCUT2D eigenvalue weighted by Crippen LogP contribution is 2.31. The third kappa shape index (κ3) is 4.41. The van der Waals surface area contributed by atoms with Crippen LogP contribution in [-0.2, 0) is 4.79 Å². The Morgan fingerprint density at radius 3 is 2.83 bits per heavy atom. The largest absolute Gasteiger partial charge is 0.481 e. The molecule has 0 radical (unpaired) electrons. The summed E-state index contributed by atoms with van der Waals surface area (Å²) in [6.07, 6.45) is 5.46. The van der Waals surface area contributed by atoms with Crippen LogP contribution in [0, 0.1) is 5.92 Å². The molecule has 1 aromatic rings. The molecule has 1 aromatic heterocycles. The quantitative estimate of drug-likeness (QED) is 0.867. The molecule has 0 bridgehead atoms. The van der Waals surface area contributed by atoms with Gasteiger partial charge >= 0.3 is 5.97 Å². The molecule has 0 aromatic carbocycles. The first kappa shape index (κ1) is 17.7. The first-order valence-electron chi connectivity index (χ1n) is 8.33. The minimum absolute atomic E-state index is 0.226. The molecule has 23 heavy (non-hydrogen) atoms. The Hall–Kier alpha value is -1.69. The van der Waals surface area contributed by atoms with Crippen molar-refractivity contribution in [2.45, 2.75) is 45.1 Å². The van der Waals surface area contributed by atoms with Crippen molar-refractivity contribution in [1.29, 1.82) is 0 Å². The second-order valence-electron chi connectivity index (χ2n) is 6.91. The van der Waals surface area contributed by atoms with Gasteiger partial charge in [-0.3, -0.25) is 4.79 Å². The third-order valence-corrected chi connectivity index (χ3v) is 4.73. The summed E-state index contributed by atoms with van der Waals surface area (Å²) in [6, 6.07) is 0.426. The normalized spacial score (nSPS) is 21.9. The van der Waals surface area contributed by atoms with E-state index in [1.807, 2.05) is 6.20 Å². The number of aromatic nitrogens is 2. The maximum absolute atomic E-state index is 11.0. The highest BCUT2D eigenvalue weighted by atomic mass is 16.4. The maximum Gasteiger partial charge on any atom is 0.303 e. The molecule has 0 unspecified atom stereocenters. The van der Waals surface area contributed by atoms with Crippen molar-refractivity contribution in [3.05, 3.63) is 18.1 Å². The molecule has 6 nitrogen and oxygen atoms in total. The number of carbonyl (C=O) groups is 1. The van der Waals surface area contributed by atoms with Gasteiger partial charge in [0.2, 0.25) is 0 Å². The fourth-order valence-electron chi connectivity index (χ4n) is 3.49. The van der Waals surface area contributed by atoms with Crippen molar-refractivity contribution in [3.63, 3.8) is 0 Å². The number of carboxylic acids is 1. The molecule has 2 rings (SSSR count). The van der Waals surface area contributed by atoms with E-state index in [2.05, 4.69) is 47.7 Å². The monoisotopic (exact) mass is 320 g/mol. The average molecular weight is 320 g/mol. The minimum Gasteiger partial charge on any atom is -0.481 e. The van der Waals surface area contributed by atoms with Crippen molar-refractivity contribution in [3.8, 4) is 0 Å². The van der Waals surface area contributed by atoms with Gasteiger partial charge in [0.25, 0.3) is 0 Å². The summed E-state index contributed by atoms with van der Waals surface area (Å²) < 4.78 is 0. The summed E-state index contributed by atoms with van der Waals surface area (Å²) in [6.45, 7) is 6.10. The summed E-state index contributed by atoms with van der Waals surface area (Å²) in [4.78, 5) is 24.2. The Labute approximate surface area is 138 Å². The zero-order valence-electron chi connectivity index (χ0n) is 14.6.